The number of benzene rings is 2. The highest BCUT2D eigenvalue weighted by molar-refractivity contribution is 5.84. The number of aromatic nitrogens is 1. The Balaban J connectivity index is 1.56. The molecule has 1 aliphatic heterocycles. The van der Waals surface area contributed by atoms with Crippen molar-refractivity contribution in [2.75, 3.05) is 33.3 Å². The summed E-state index contributed by atoms with van der Waals surface area (Å²) in [6.07, 6.45) is 4.52. The number of hydrogen-bond donors (Lipinski definition) is 3. The van der Waals surface area contributed by atoms with E-state index in [-0.39, 0.29) is 11.8 Å². The third-order valence-electron chi connectivity index (χ3n) is 5.74. The molecule has 0 bridgehead atoms. The first-order valence-corrected chi connectivity index (χ1v) is 10.0. The molecule has 2 heterocycles. The molecule has 0 radical (unpaired) electrons. The van der Waals surface area contributed by atoms with E-state index in [9.17, 15) is 4.79 Å². The van der Waals surface area contributed by atoms with Crippen molar-refractivity contribution in [3.8, 4) is 5.75 Å². The summed E-state index contributed by atoms with van der Waals surface area (Å²) in [6, 6.07) is 16.4. The fourth-order valence-corrected chi connectivity index (χ4v) is 4.18. The molecule has 3 aromatic rings. The fraction of sp³-hybridized carbons (Fsp3) is 0.348. The van der Waals surface area contributed by atoms with E-state index in [1.807, 2.05) is 18.2 Å². The lowest BCUT2D eigenvalue weighted by molar-refractivity contribution is -0.879. The Hall–Kier alpha value is -2.79. The highest BCUT2D eigenvalue weighted by atomic mass is 16.5. The molecule has 5 nitrogen and oxygen atoms in total. The summed E-state index contributed by atoms with van der Waals surface area (Å²) in [4.78, 5) is 17.3. The van der Waals surface area contributed by atoms with Gasteiger partial charge in [-0.25, -0.2) is 0 Å². The van der Waals surface area contributed by atoms with Gasteiger partial charge in [0.2, 0.25) is 0 Å². The number of H-pyrrole nitrogens is 1. The van der Waals surface area contributed by atoms with E-state index in [1.165, 1.54) is 34.3 Å². The molecular formula is C23H28N3O2+. The summed E-state index contributed by atoms with van der Waals surface area (Å²) in [5.74, 6) is 1.05. The SMILES string of the molecule is COc1ccc([C@@H](CNC(=O)C[NH+]2CCCC2)c2c[nH]c3ccccc23)cc1. The number of aromatic amines is 1. The van der Waals surface area contributed by atoms with Gasteiger partial charge in [0.25, 0.3) is 5.91 Å². The van der Waals surface area contributed by atoms with Gasteiger partial charge in [0.05, 0.1) is 20.2 Å². The molecule has 2 aromatic carbocycles. The molecule has 1 atom stereocenters. The number of fused-ring (bicyclic) bond motifs is 1. The molecule has 146 valence electrons. The Morgan fingerprint density at radius 2 is 1.89 bits per heavy atom. The topological polar surface area (TPSA) is 58.6 Å². The van der Waals surface area contributed by atoms with Crippen LogP contribution in [0.1, 0.15) is 29.9 Å². The molecule has 5 heteroatoms. The van der Waals surface area contributed by atoms with E-state index in [1.54, 1.807) is 7.11 Å². The second kappa shape index (κ2) is 8.48. The number of ether oxygens (including phenoxy) is 1. The summed E-state index contributed by atoms with van der Waals surface area (Å²) < 4.78 is 5.30. The number of nitrogens with one attached hydrogen (secondary N) is 3. The van der Waals surface area contributed by atoms with E-state index in [4.69, 9.17) is 4.74 Å². The lowest BCUT2D eigenvalue weighted by Gasteiger charge is -2.19. The maximum Gasteiger partial charge on any atom is 0.275 e. The van der Waals surface area contributed by atoms with Crippen molar-refractivity contribution in [2.24, 2.45) is 0 Å². The first-order valence-electron chi connectivity index (χ1n) is 10.0. The second-order valence-corrected chi connectivity index (χ2v) is 7.55. The third kappa shape index (κ3) is 4.04. The van der Waals surface area contributed by atoms with Crippen LogP contribution in [0.3, 0.4) is 0 Å². The number of para-hydroxylation sites is 1. The van der Waals surface area contributed by atoms with Gasteiger partial charge < -0.3 is 19.9 Å². The Morgan fingerprint density at radius 1 is 1.14 bits per heavy atom. The van der Waals surface area contributed by atoms with Crippen LogP contribution in [0.15, 0.2) is 54.7 Å². The van der Waals surface area contributed by atoms with E-state index in [2.05, 4.69) is 46.8 Å². The molecule has 0 unspecified atom stereocenters. The minimum absolute atomic E-state index is 0.0829. The molecule has 1 aromatic heterocycles. The van der Waals surface area contributed by atoms with Crippen molar-refractivity contribution in [1.29, 1.82) is 0 Å². The summed E-state index contributed by atoms with van der Waals surface area (Å²) in [5.41, 5.74) is 3.48. The minimum Gasteiger partial charge on any atom is -0.497 e. The van der Waals surface area contributed by atoms with Gasteiger partial charge in [0.1, 0.15) is 5.75 Å². The monoisotopic (exact) mass is 378 g/mol. The molecule has 1 saturated heterocycles. The Morgan fingerprint density at radius 3 is 2.64 bits per heavy atom. The smallest absolute Gasteiger partial charge is 0.275 e. The lowest BCUT2D eigenvalue weighted by Crippen LogP contribution is -3.11. The van der Waals surface area contributed by atoms with Gasteiger partial charge in [-0.1, -0.05) is 30.3 Å². The number of quaternary nitrogens is 1. The quantitative estimate of drug-likeness (QED) is 0.590. The normalized spacial score (nSPS) is 15.6. The zero-order valence-electron chi connectivity index (χ0n) is 16.3. The summed E-state index contributed by atoms with van der Waals surface area (Å²) in [5, 5.41) is 4.38. The third-order valence-corrected chi connectivity index (χ3v) is 5.74. The Kier molecular flexibility index (Phi) is 5.63. The highest BCUT2D eigenvalue weighted by Gasteiger charge is 2.22. The van der Waals surface area contributed by atoms with Crippen LogP contribution in [0.25, 0.3) is 10.9 Å². The van der Waals surface area contributed by atoms with E-state index in [0.717, 1.165) is 24.4 Å². The second-order valence-electron chi connectivity index (χ2n) is 7.55. The fourth-order valence-electron chi connectivity index (χ4n) is 4.18. The molecule has 1 fully saturated rings. The van der Waals surface area contributed by atoms with Crippen LogP contribution in [0.5, 0.6) is 5.75 Å². The van der Waals surface area contributed by atoms with Gasteiger partial charge >= 0.3 is 0 Å². The zero-order valence-corrected chi connectivity index (χ0v) is 16.3. The largest absolute Gasteiger partial charge is 0.497 e. The summed E-state index contributed by atoms with van der Waals surface area (Å²) in [7, 11) is 1.67. The minimum atomic E-state index is 0.0829. The number of likely N-dealkylation sites (tertiary alicyclic amines) is 1. The molecule has 3 N–H and O–H groups in total. The number of carbonyl (C=O) groups is 1. The maximum absolute atomic E-state index is 12.5. The molecule has 1 amide bonds. The molecule has 0 saturated carbocycles. The molecule has 1 aliphatic rings. The van der Waals surface area contributed by atoms with Crippen LogP contribution >= 0.6 is 0 Å². The Bertz CT molecular complexity index is 926. The van der Waals surface area contributed by atoms with Gasteiger partial charge in [0, 0.05) is 42.4 Å². The standard InChI is InChI=1S/C23H27N3O2/c1-28-18-10-8-17(9-11-18)20(14-25-23(27)16-26-12-4-5-13-26)21-15-24-22-7-3-2-6-19(21)22/h2-3,6-11,15,20,24H,4-5,12-14,16H2,1H3,(H,25,27)/p+1/t20-/m1/s1. The Labute approximate surface area is 165 Å². The van der Waals surface area contributed by atoms with Gasteiger partial charge in [-0.3, -0.25) is 4.79 Å². The summed E-state index contributed by atoms with van der Waals surface area (Å²) in [6.45, 7) is 3.37. The van der Waals surface area contributed by atoms with Crippen molar-refractivity contribution in [3.05, 3.63) is 65.9 Å². The van der Waals surface area contributed by atoms with Crippen molar-refractivity contribution in [1.82, 2.24) is 10.3 Å². The highest BCUT2D eigenvalue weighted by Crippen LogP contribution is 2.31. The number of carbonyl (C=O) groups excluding carboxylic acids is 1. The van der Waals surface area contributed by atoms with Gasteiger partial charge in [-0.05, 0) is 29.3 Å². The van der Waals surface area contributed by atoms with Crippen LogP contribution in [0.4, 0.5) is 0 Å². The van der Waals surface area contributed by atoms with Crippen LogP contribution in [0.2, 0.25) is 0 Å². The average molecular weight is 378 g/mol. The van der Waals surface area contributed by atoms with Crippen LogP contribution < -0.4 is 15.0 Å². The van der Waals surface area contributed by atoms with Gasteiger partial charge in [-0.15, -0.1) is 0 Å². The maximum atomic E-state index is 12.5. The van der Waals surface area contributed by atoms with E-state index >= 15 is 0 Å². The molecular weight excluding hydrogens is 350 g/mol. The van der Waals surface area contributed by atoms with Crippen molar-refractivity contribution < 1.29 is 14.4 Å². The van der Waals surface area contributed by atoms with Crippen molar-refractivity contribution in [3.63, 3.8) is 0 Å². The first kappa shape index (κ1) is 18.6. The molecule has 0 aliphatic carbocycles. The predicted molar refractivity (Wildman–Crippen MR) is 111 cm³/mol. The van der Waals surface area contributed by atoms with Gasteiger partial charge in [0.15, 0.2) is 6.54 Å². The van der Waals surface area contributed by atoms with Gasteiger partial charge in [-0.2, -0.15) is 0 Å². The lowest BCUT2D eigenvalue weighted by atomic mass is 9.90. The zero-order chi connectivity index (χ0) is 19.3. The number of rotatable bonds is 7. The predicted octanol–water partition coefficient (Wildman–Crippen LogP) is 2.10. The number of methoxy groups -OCH3 is 1. The molecule has 4 rings (SSSR count). The first-order chi connectivity index (χ1) is 13.7. The summed E-state index contributed by atoms with van der Waals surface area (Å²) >= 11 is 0. The van der Waals surface area contributed by atoms with Crippen LogP contribution in [0, 0.1) is 0 Å². The van der Waals surface area contributed by atoms with Crippen molar-refractivity contribution >= 4 is 16.8 Å². The molecule has 28 heavy (non-hydrogen) atoms. The number of amides is 1. The van der Waals surface area contributed by atoms with E-state index < -0.39 is 0 Å². The molecule has 0 spiro atoms. The van der Waals surface area contributed by atoms with Crippen molar-refractivity contribution in [2.45, 2.75) is 18.8 Å². The van der Waals surface area contributed by atoms with Crippen LogP contribution in [-0.2, 0) is 4.79 Å². The van der Waals surface area contributed by atoms with Crippen LogP contribution in [-0.4, -0.2) is 44.2 Å². The number of hydrogen-bond acceptors (Lipinski definition) is 2. The average Bonchev–Trinajstić information content (AvgIpc) is 3.39. The van der Waals surface area contributed by atoms with E-state index in [0.29, 0.717) is 13.1 Å².